The van der Waals surface area contributed by atoms with Crippen LogP contribution in [0.1, 0.15) is 44.7 Å². The molecule has 0 saturated heterocycles. The highest BCUT2D eigenvalue weighted by molar-refractivity contribution is 5.77. The maximum Gasteiger partial charge on any atom is 0.249 e. The van der Waals surface area contributed by atoms with Gasteiger partial charge in [0, 0.05) is 18.4 Å². The zero-order chi connectivity index (χ0) is 21.1. The Morgan fingerprint density at radius 1 is 1.10 bits per heavy atom. The summed E-state index contributed by atoms with van der Waals surface area (Å²) in [7, 11) is 0. The predicted molar refractivity (Wildman–Crippen MR) is 111 cm³/mol. The van der Waals surface area contributed by atoms with E-state index in [1.807, 2.05) is 69.3 Å². The van der Waals surface area contributed by atoms with Crippen LogP contribution in [0.15, 0.2) is 53.1 Å². The van der Waals surface area contributed by atoms with Gasteiger partial charge in [0.05, 0.1) is 0 Å². The molecular weight excluding hydrogens is 382 g/mol. The van der Waals surface area contributed by atoms with E-state index in [0.717, 1.165) is 11.1 Å². The van der Waals surface area contributed by atoms with Gasteiger partial charge in [0.25, 0.3) is 0 Å². The summed E-state index contributed by atoms with van der Waals surface area (Å²) < 4.78 is 16.3. The van der Waals surface area contributed by atoms with Crippen molar-refractivity contribution in [2.75, 3.05) is 6.79 Å². The van der Waals surface area contributed by atoms with Crippen molar-refractivity contribution < 1.29 is 18.8 Å². The number of nitrogens with zero attached hydrogens (tertiary/aromatic N) is 2. The molecule has 0 radical (unpaired) electrons. The first-order valence-corrected chi connectivity index (χ1v) is 9.94. The molecule has 4 rings (SSSR count). The molecule has 7 heteroatoms. The van der Waals surface area contributed by atoms with Crippen LogP contribution in [0.4, 0.5) is 0 Å². The van der Waals surface area contributed by atoms with E-state index in [9.17, 15) is 4.79 Å². The Hall–Kier alpha value is -3.35. The normalized spacial score (nSPS) is 13.8. The first-order chi connectivity index (χ1) is 14.4. The minimum absolute atomic E-state index is 0.0498. The molecule has 156 valence electrons. The van der Waals surface area contributed by atoms with Gasteiger partial charge in [-0.25, -0.2) is 0 Å². The monoisotopic (exact) mass is 407 g/mol. The van der Waals surface area contributed by atoms with Gasteiger partial charge < -0.3 is 19.3 Å². The summed E-state index contributed by atoms with van der Waals surface area (Å²) in [5.41, 5.74) is 1.71. The van der Waals surface area contributed by atoms with Crippen LogP contribution < -0.4 is 14.8 Å². The maximum absolute atomic E-state index is 12.6. The van der Waals surface area contributed by atoms with Gasteiger partial charge in [-0.05, 0) is 29.2 Å². The number of rotatable bonds is 6. The molecular formula is C23H25N3O4. The van der Waals surface area contributed by atoms with Crippen molar-refractivity contribution in [1.82, 2.24) is 15.5 Å². The van der Waals surface area contributed by atoms with Crippen LogP contribution in [0, 0.1) is 5.41 Å². The fourth-order valence-electron chi connectivity index (χ4n) is 3.31. The van der Waals surface area contributed by atoms with Crippen molar-refractivity contribution >= 4 is 5.91 Å². The molecule has 0 aliphatic carbocycles. The minimum atomic E-state index is -0.419. The molecule has 1 aliphatic heterocycles. The van der Waals surface area contributed by atoms with E-state index in [0.29, 0.717) is 36.1 Å². The molecule has 1 amide bonds. The second kappa shape index (κ2) is 8.18. The van der Waals surface area contributed by atoms with E-state index in [-0.39, 0.29) is 18.1 Å². The Kier molecular flexibility index (Phi) is 5.44. The molecule has 1 atom stereocenters. The first-order valence-electron chi connectivity index (χ1n) is 9.94. The van der Waals surface area contributed by atoms with E-state index >= 15 is 0 Å². The van der Waals surface area contributed by atoms with Gasteiger partial charge in [0.2, 0.25) is 24.4 Å². The highest BCUT2D eigenvalue weighted by Gasteiger charge is 2.25. The number of benzene rings is 2. The van der Waals surface area contributed by atoms with Crippen molar-refractivity contribution in [2.24, 2.45) is 5.41 Å². The maximum atomic E-state index is 12.6. The van der Waals surface area contributed by atoms with Gasteiger partial charge in [0.1, 0.15) is 6.04 Å². The van der Waals surface area contributed by atoms with Gasteiger partial charge in [-0.3, -0.25) is 4.79 Å². The van der Waals surface area contributed by atoms with Crippen LogP contribution in [0.3, 0.4) is 0 Å². The van der Waals surface area contributed by atoms with Crippen molar-refractivity contribution in [3.63, 3.8) is 0 Å². The molecule has 0 unspecified atom stereocenters. The predicted octanol–water partition coefficient (Wildman–Crippen LogP) is 4.30. The Labute approximate surface area is 175 Å². The summed E-state index contributed by atoms with van der Waals surface area (Å²) in [5, 5.41) is 7.19. The van der Waals surface area contributed by atoms with Gasteiger partial charge in [-0.1, -0.05) is 56.3 Å². The fourth-order valence-corrected chi connectivity index (χ4v) is 3.31. The largest absolute Gasteiger partial charge is 0.454 e. The minimum Gasteiger partial charge on any atom is -0.454 e. The topological polar surface area (TPSA) is 86.5 Å². The lowest BCUT2D eigenvalue weighted by atomic mass is 9.91. The second-order valence-electron chi connectivity index (χ2n) is 8.57. The van der Waals surface area contributed by atoms with Crippen LogP contribution in [-0.4, -0.2) is 22.8 Å². The number of hydrogen-bond donors (Lipinski definition) is 1. The van der Waals surface area contributed by atoms with E-state index in [2.05, 4.69) is 15.5 Å². The summed E-state index contributed by atoms with van der Waals surface area (Å²) in [6.07, 6.45) is 0.959. The molecule has 30 heavy (non-hydrogen) atoms. The third kappa shape index (κ3) is 4.79. The Morgan fingerprint density at radius 2 is 1.87 bits per heavy atom. The molecule has 0 saturated carbocycles. The van der Waals surface area contributed by atoms with Crippen molar-refractivity contribution in [1.29, 1.82) is 0 Å². The fraction of sp³-hybridized carbons (Fsp3) is 0.348. The molecule has 2 heterocycles. The van der Waals surface area contributed by atoms with Crippen LogP contribution >= 0.6 is 0 Å². The van der Waals surface area contributed by atoms with E-state index < -0.39 is 6.04 Å². The molecule has 1 N–H and O–H groups in total. The van der Waals surface area contributed by atoms with Crippen LogP contribution in [0.25, 0.3) is 11.4 Å². The van der Waals surface area contributed by atoms with Gasteiger partial charge in [-0.2, -0.15) is 4.98 Å². The Balaban J connectivity index is 1.58. The summed E-state index contributed by atoms with van der Waals surface area (Å²) in [6.45, 7) is 6.30. The lowest BCUT2D eigenvalue weighted by molar-refractivity contribution is -0.123. The number of carbonyl (C=O) groups excluding carboxylic acids is 1. The summed E-state index contributed by atoms with van der Waals surface area (Å²) in [4.78, 5) is 17.2. The van der Waals surface area contributed by atoms with Gasteiger partial charge in [0.15, 0.2) is 11.5 Å². The van der Waals surface area contributed by atoms with E-state index in [1.54, 1.807) is 0 Å². The summed E-state index contributed by atoms with van der Waals surface area (Å²) >= 11 is 0. The lowest BCUT2D eigenvalue weighted by Crippen LogP contribution is -2.32. The van der Waals surface area contributed by atoms with Crippen LogP contribution in [0.2, 0.25) is 0 Å². The smallest absolute Gasteiger partial charge is 0.249 e. The zero-order valence-electron chi connectivity index (χ0n) is 17.3. The molecule has 1 aromatic heterocycles. The molecule has 1 aliphatic rings. The van der Waals surface area contributed by atoms with Gasteiger partial charge in [-0.15, -0.1) is 0 Å². The van der Waals surface area contributed by atoms with Crippen molar-refractivity contribution in [2.45, 2.75) is 39.7 Å². The average molecular weight is 407 g/mol. The Morgan fingerprint density at radius 3 is 2.63 bits per heavy atom. The number of hydrogen-bond acceptors (Lipinski definition) is 6. The van der Waals surface area contributed by atoms with Gasteiger partial charge >= 0.3 is 0 Å². The standard InChI is InChI=1S/C23H25N3O4/c1-23(2,3)13-20(27)24-17(11-15-7-5-4-6-8-15)22-25-21(26-30-22)16-9-10-18-19(12-16)29-14-28-18/h4-10,12,17H,11,13-14H2,1-3H3,(H,24,27)/t17-/m1/s1. The molecule has 0 fully saturated rings. The van der Waals surface area contributed by atoms with Crippen molar-refractivity contribution in [3.05, 3.63) is 60.0 Å². The molecule has 2 aromatic carbocycles. The van der Waals surface area contributed by atoms with Crippen molar-refractivity contribution in [3.8, 4) is 22.9 Å². The lowest BCUT2D eigenvalue weighted by Gasteiger charge is -2.20. The molecule has 0 spiro atoms. The number of aromatic nitrogens is 2. The quantitative estimate of drug-likeness (QED) is 0.656. The van der Waals surface area contributed by atoms with E-state index in [1.165, 1.54) is 0 Å². The molecule has 3 aromatic rings. The number of nitrogens with one attached hydrogen (secondary N) is 1. The third-order valence-electron chi connectivity index (χ3n) is 4.68. The van der Waals surface area contributed by atoms with E-state index in [4.69, 9.17) is 14.0 Å². The SMILES string of the molecule is CC(C)(C)CC(=O)N[C@H](Cc1ccccc1)c1nc(-c2ccc3c(c2)OCO3)no1. The Bertz CT molecular complexity index is 1020. The molecule has 0 bridgehead atoms. The highest BCUT2D eigenvalue weighted by Crippen LogP contribution is 2.35. The third-order valence-corrected chi connectivity index (χ3v) is 4.68. The highest BCUT2D eigenvalue weighted by atomic mass is 16.7. The first kappa shape index (κ1) is 19.9. The summed E-state index contributed by atoms with van der Waals surface area (Å²) in [5.74, 6) is 2.10. The number of ether oxygens (including phenoxy) is 2. The molecule has 7 nitrogen and oxygen atoms in total. The average Bonchev–Trinajstić information content (AvgIpc) is 3.36. The summed E-state index contributed by atoms with van der Waals surface area (Å²) in [6, 6.07) is 15.0. The van der Waals surface area contributed by atoms with Crippen LogP contribution in [-0.2, 0) is 11.2 Å². The van der Waals surface area contributed by atoms with Crippen LogP contribution in [0.5, 0.6) is 11.5 Å². The second-order valence-corrected chi connectivity index (χ2v) is 8.57. The number of amides is 1. The zero-order valence-corrected chi connectivity index (χ0v) is 17.3. The number of fused-ring (bicyclic) bond motifs is 1. The number of carbonyl (C=O) groups is 1.